The summed E-state index contributed by atoms with van der Waals surface area (Å²) in [4.78, 5) is 12.2. The highest BCUT2D eigenvalue weighted by atomic mass is 16.3. The van der Waals surface area contributed by atoms with Crippen LogP contribution in [-0.4, -0.2) is 16.5 Å². The average Bonchev–Trinajstić information content (AvgIpc) is 3.01. The molecule has 3 fully saturated rings. The van der Waals surface area contributed by atoms with Gasteiger partial charge in [-0.05, 0) is 99.7 Å². The fourth-order valence-electron chi connectivity index (χ4n) is 7.88. The Morgan fingerprint density at radius 2 is 1.90 bits per heavy atom. The summed E-state index contributed by atoms with van der Waals surface area (Å²) in [5.74, 6) is 2.74. The largest absolute Gasteiger partial charge is 0.383 e. The monoisotopic (exact) mass is 398 g/mol. The van der Waals surface area contributed by atoms with Gasteiger partial charge in [0.25, 0.3) is 0 Å². The Balaban J connectivity index is 1.51. The van der Waals surface area contributed by atoms with Gasteiger partial charge in [-0.15, -0.1) is 0 Å². The highest BCUT2D eigenvalue weighted by Gasteiger charge is 2.56. The van der Waals surface area contributed by atoms with Crippen molar-refractivity contribution >= 4 is 5.78 Å². The van der Waals surface area contributed by atoms with Gasteiger partial charge in [0, 0.05) is 6.42 Å². The van der Waals surface area contributed by atoms with Gasteiger partial charge in [-0.2, -0.15) is 0 Å². The summed E-state index contributed by atoms with van der Waals surface area (Å²) in [6.07, 6.45) is 17.3. The van der Waals surface area contributed by atoms with Gasteiger partial charge in [-0.1, -0.05) is 50.5 Å². The van der Waals surface area contributed by atoms with E-state index in [1.54, 1.807) is 25.0 Å². The molecule has 0 radical (unpaired) electrons. The Morgan fingerprint density at radius 3 is 2.62 bits per heavy atom. The van der Waals surface area contributed by atoms with Crippen molar-refractivity contribution in [2.45, 2.75) is 104 Å². The maximum atomic E-state index is 12.2. The smallest absolute Gasteiger partial charge is 0.163 e. The maximum absolute atomic E-state index is 12.2. The third kappa shape index (κ3) is 3.48. The van der Waals surface area contributed by atoms with Gasteiger partial charge in [0.05, 0.1) is 0 Å². The SMILES string of the molecule is C[C@H](CCC(=O)C(C)(C)O)[C@H]1CC[C@H]2C3=CC=C4CCCC[C@]4(C)[C@H]3CC[C@]12C. The minimum atomic E-state index is -1.19. The van der Waals surface area contributed by atoms with Crippen molar-refractivity contribution in [1.29, 1.82) is 0 Å². The van der Waals surface area contributed by atoms with Gasteiger partial charge < -0.3 is 5.11 Å². The zero-order chi connectivity index (χ0) is 21.0. The number of ketones is 1. The number of hydrogen-bond acceptors (Lipinski definition) is 2. The molecular weight excluding hydrogens is 356 g/mol. The Morgan fingerprint density at radius 1 is 1.14 bits per heavy atom. The number of aliphatic hydroxyl groups is 1. The normalized spacial score (nSPS) is 40.3. The van der Waals surface area contributed by atoms with Crippen molar-refractivity contribution in [2.75, 3.05) is 0 Å². The minimum absolute atomic E-state index is 0.00867. The molecule has 0 aromatic carbocycles. The highest BCUT2D eigenvalue weighted by Crippen LogP contribution is 2.66. The van der Waals surface area contributed by atoms with E-state index in [0.717, 1.165) is 18.3 Å². The molecule has 6 atom stereocenters. The summed E-state index contributed by atoms with van der Waals surface area (Å²) in [5, 5.41) is 9.99. The van der Waals surface area contributed by atoms with Gasteiger partial charge in [0.15, 0.2) is 5.78 Å². The molecule has 2 nitrogen and oxygen atoms in total. The number of carbonyl (C=O) groups excluding carboxylic acids is 1. The first-order valence-corrected chi connectivity index (χ1v) is 12.2. The quantitative estimate of drug-likeness (QED) is 0.564. The number of hydrogen-bond donors (Lipinski definition) is 1. The number of carbonyl (C=O) groups is 1. The van der Waals surface area contributed by atoms with Crippen molar-refractivity contribution in [3.63, 3.8) is 0 Å². The molecule has 0 aromatic heterocycles. The number of fused-ring (bicyclic) bond motifs is 5. The first-order valence-electron chi connectivity index (χ1n) is 12.2. The van der Waals surface area contributed by atoms with E-state index in [1.165, 1.54) is 51.4 Å². The molecule has 3 saturated carbocycles. The van der Waals surface area contributed by atoms with E-state index in [9.17, 15) is 9.90 Å². The van der Waals surface area contributed by atoms with E-state index in [1.807, 2.05) is 0 Å². The van der Waals surface area contributed by atoms with Crippen LogP contribution in [0, 0.1) is 34.5 Å². The van der Waals surface area contributed by atoms with Crippen LogP contribution in [0.1, 0.15) is 98.8 Å². The lowest BCUT2D eigenvalue weighted by atomic mass is 9.50. The number of allylic oxidation sites excluding steroid dienone is 4. The molecule has 0 aromatic rings. The number of Topliss-reactive ketones (excluding diaryl/α,β-unsaturated/α-hetero) is 1. The number of rotatable bonds is 5. The molecule has 162 valence electrons. The van der Waals surface area contributed by atoms with Gasteiger partial charge in [0.2, 0.25) is 0 Å². The minimum Gasteiger partial charge on any atom is -0.383 e. The average molecular weight is 399 g/mol. The van der Waals surface area contributed by atoms with Crippen LogP contribution in [0.15, 0.2) is 23.3 Å². The van der Waals surface area contributed by atoms with E-state index in [-0.39, 0.29) is 5.78 Å². The molecule has 0 bridgehead atoms. The van der Waals surface area contributed by atoms with Crippen LogP contribution >= 0.6 is 0 Å². The third-order valence-electron chi connectivity index (χ3n) is 9.75. The fourth-order valence-corrected chi connectivity index (χ4v) is 7.88. The summed E-state index contributed by atoms with van der Waals surface area (Å²) in [6, 6.07) is 0. The summed E-state index contributed by atoms with van der Waals surface area (Å²) in [7, 11) is 0. The van der Waals surface area contributed by atoms with Gasteiger partial charge in [-0.25, -0.2) is 0 Å². The molecular formula is C27H42O2. The molecule has 4 aliphatic carbocycles. The van der Waals surface area contributed by atoms with Crippen LogP contribution in [0.2, 0.25) is 0 Å². The second-order valence-electron chi connectivity index (χ2n) is 11.8. The van der Waals surface area contributed by atoms with E-state index in [0.29, 0.717) is 29.1 Å². The van der Waals surface area contributed by atoms with E-state index in [2.05, 4.69) is 32.9 Å². The van der Waals surface area contributed by atoms with Gasteiger partial charge >= 0.3 is 0 Å². The van der Waals surface area contributed by atoms with Crippen molar-refractivity contribution < 1.29 is 9.90 Å². The molecule has 0 saturated heterocycles. The van der Waals surface area contributed by atoms with Gasteiger partial charge in [-0.3, -0.25) is 4.79 Å². The topological polar surface area (TPSA) is 37.3 Å². The lowest BCUT2D eigenvalue weighted by Crippen LogP contribution is -2.45. The molecule has 0 aliphatic heterocycles. The Kier molecular flexibility index (Phi) is 5.42. The molecule has 1 N–H and O–H groups in total. The van der Waals surface area contributed by atoms with Crippen LogP contribution in [-0.2, 0) is 4.79 Å². The first-order chi connectivity index (χ1) is 13.6. The van der Waals surface area contributed by atoms with Crippen LogP contribution in [0.25, 0.3) is 0 Å². The van der Waals surface area contributed by atoms with Crippen molar-refractivity contribution in [2.24, 2.45) is 34.5 Å². The molecule has 0 amide bonds. The predicted molar refractivity (Wildman–Crippen MR) is 119 cm³/mol. The third-order valence-corrected chi connectivity index (χ3v) is 9.75. The second-order valence-corrected chi connectivity index (χ2v) is 11.8. The molecule has 0 unspecified atom stereocenters. The zero-order valence-electron chi connectivity index (χ0n) is 19.4. The van der Waals surface area contributed by atoms with Crippen molar-refractivity contribution in [3.8, 4) is 0 Å². The van der Waals surface area contributed by atoms with Crippen molar-refractivity contribution in [1.82, 2.24) is 0 Å². The van der Waals surface area contributed by atoms with E-state index >= 15 is 0 Å². The zero-order valence-corrected chi connectivity index (χ0v) is 19.4. The summed E-state index contributed by atoms with van der Waals surface area (Å²) in [6.45, 7) is 10.7. The summed E-state index contributed by atoms with van der Waals surface area (Å²) in [5.41, 5.74) is 3.12. The Bertz CT molecular complexity index is 723. The molecule has 4 rings (SSSR count). The maximum Gasteiger partial charge on any atom is 0.163 e. The molecule has 2 heteroatoms. The Labute approximate surface area is 178 Å². The summed E-state index contributed by atoms with van der Waals surface area (Å²) >= 11 is 0. The van der Waals surface area contributed by atoms with Gasteiger partial charge in [0.1, 0.15) is 5.60 Å². The van der Waals surface area contributed by atoms with Crippen LogP contribution in [0.5, 0.6) is 0 Å². The molecule has 29 heavy (non-hydrogen) atoms. The van der Waals surface area contributed by atoms with Crippen molar-refractivity contribution in [3.05, 3.63) is 23.3 Å². The standard InChI is InChI=1S/C27H42O2/c1-18(9-14-24(28)25(2,3)29)21-12-13-22-20-11-10-19-8-6-7-16-26(19,4)23(20)15-17-27(21,22)5/h10-11,18,21-23,29H,6-9,12-17H2,1-5H3/t18-,21-,22+,23+,26+,27-/m1/s1. The molecule has 0 spiro atoms. The van der Waals surface area contributed by atoms with E-state index < -0.39 is 5.60 Å². The first kappa shape index (κ1) is 21.3. The van der Waals surface area contributed by atoms with Crippen LogP contribution in [0.4, 0.5) is 0 Å². The van der Waals surface area contributed by atoms with Crippen LogP contribution in [0.3, 0.4) is 0 Å². The predicted octanol–water partition coefficient (Wildman–Crippen LogP) is 6.63. The molecule has 0 heterocycles. The van der Waals surface area contributed by atoms with E-state index in [4.69, 9.17) is 0 Å². The second kappa shape index (κ2) is 7.36. The van der Waals surface area contributed by atoms with Crippen LogP contribution < -0.4 is 0 Å². The molecule has 4 aliphatic rings. The lowest BCUT2D eigenvalue weighted by Gasteiger charge is -2.54. The highest BCUT2D eigenvalue weighted by molar-refractivity contribution is 5.86. The Hall–Kier alpha value is -0.890. The lowest BCUT2D eigenvalue weighted by molar-refractivity contribution is -0.134. The fraction of sp³-hybridized carbons (Fsp3) is 0.815. The summed E-state index contributed by atoms with van der Waals surface area (Å²) < 4.78 is 0.